The van der Waals surface area contributed by atoms with Crippen LogP contribution in [0.4, 0.5) is 29.5 Å². The number of ether oxygens (including phenoxy) is 2. The Morgan fingerprint density at radius 1 is 1.08 bits per heavy atom. The third-order valence-electron chi connectivity index (χ3n) is 13.2. The van der Waals surface area contributed by atoms with E-state index in [1.807, 2.05) is 24.3 Å². The van der Waals surface area contributed by atoms with Gasteiger partial charge in [0.15, 0.2) is 17.4 Å². The second-order valence-corrected chi connectivity index (χ2v) is 17.9. The van der Waals surface area contributed by atoms with Crippen LogP contribution in [0.3, 0.4) is 0 Å². The highest BCUT2D eigenvalue weighted by Gasteiger charge is 2.46. The predicted molar refractivity (Wildman–Crippen MR) is 231 cm³/mol. The number of hydrogen-bond acceptors (Lipinski definition) is 12. The standard InChI is InChI=1S/C44H47F3N10O5S/c1-4-53(2)63-52-36-9-7-32(45)40(31(36)22-48)62-27-6-8-35-29(18-27)42(59)57(24-49-35)26-21-44(61-23-26)12-15-55(16-13-44)37-10-5-25(17-34(37)47)28-20-38-30(19-33(28)46)41(51-54(38)3)56-14-11-39(58)50-43(56)60/h6-9,18-20,24-26,34,37,52H,4-5,10-17,21,23H2,1-3H3,(H,50,58,60). The number of hydrogen-bond donors (Lipinski definition) is 2. The van der Waals surface area contributed by atoms with E-state index in [9.17, 15) is 19.6 Å². The second kappa shape index (κ2) is 17.1. The van der Waals surface area contributed by atoms with Crippen molar-refractivity contribution in [1.29, 1.82) is 5.26 Å². The molecular formula is C44H47F3N10O5S. The summed E-state index contributed by atoms with van der Waals surface area (Å²) in [5.74, 6) is -1.71. The zero-order chi connectivity index (χ0) is 44.2. The predicted octanol–water partition coefficient (Wildman–Crippen LogP) is 7.07. The molecule has 330 valence electrons. The van der Waals surface area contributed by atoms with E-state index in [1.165, 1.54) is 47.6 Å². The van der Waals surface area contributed by atoms with E-state index in [-0.39, 0.29) is 77.1 Å². The van der Waals surface area contributed by atoms with E-state index < -0.39 is 29.4 Å². The molecule has 4 aliphatic rings. The molecule has 3 saturated heterocycles. The number of aromatic nitrogens is 4. The SMILES string of the molecule is CCN(C)SNc1ccc(F)c(Oc2ccc3ncn(C4COC5(CCN(C6CCC(c7cc8c(cc7F)c(N7CCC(=O)NC7=O)nn8C)CC6F)CC5)C4)c(=O)c3c2)c1C#N. The largest absolute Gasteiger partial charge is 0.453 e. The minimum absolute atomic E-state index is 0.0115. The summed E-state index contributed by atoms with van der Waals surface area (Å²) < 4.78 is 67.6. The first-order valence-corrected chi connectivity index (χ1v) is 22.0. The van der Waals surface area contributed by atoms with Crippen molar-refractivity contribution in [3.05, 3.63) is 81.9 Å². The van der Waals surface area contributed by atoms with Crippen molar-refractivity contribution >= 4 is 57.4 Å². The van der Waals surface area contributed by atoms with Gasteiger partial charge in [0.2, 0.25) is 5.91 Å². The molecule has 5 aromatic rings. The number of nitriles is 1. The molecule has 4 fully saturated rings. The number of alkyl halides is 1. The first kappa shape index (κ1) is 42.6. The fourth-order valence-electron chi connectivity index (χ4n) is 9.56. The van der Waals surface area contributed by atoms with E-state index in [1.54, 1.807) is 34.5 Å². The quantitative estimate of drug-likeness (QED) is 0.138. The first-order chi connectivity index (χ1) is 30.3. The lowest BCUT2D eigenvalue weighted by atomic mass is 9.78. The number of imide groups is 1. The molecule has 4 atom stereocenters. The normalized spacial score (nSPS) is 22.9. The molecule has 63 heavy (non-hydrogen) atoms. The molecule has 1 aliphatic carbocycles. The average molecular weight is 885 g/mol. The molecule has 19 heteroatoms. The lowest BCUT2D eigenvalue weighted by Gasteiger charge is -2.45. The molecule has 5 heterocycles. The number of aryl methyl sites for hydroxylation is 1. The number of carbonyl (C=O) groups is 2. The van der Waals surface area contributed by atoms with E-state index in [0.29, 0.717) is 79.5 Å². The maximum atomic E-state index is 16.2. The molecule has 1 spiro atoms. The van der Waals surface area contributed by atoms with Gasteiger partial charge in [-0.2, -0.15) is 10.4 Å². The summed E-state index contributed by atoms with van der Waals surface area (Å²) >= 11 is 1.26. The third-order valence-corrected chi connectivity index (χ3v) is 14.0. The molecule has 0 radical (unpaired) electrons. The van der Waals surface area contributed by atoms with Gasteiger partial charge in [0.05, 0.1) is 46.7 Å². The van der Waals surface area contributed by atoms with Crippen molar-refractivity contribution < 1.29 is 32.2 Å². The Morgan fingerprint density at radius 2 is 1.89 bits per heavy atom. The minimum atomic E-state index is -1.17. The Morgan fingerprint density at radius 3 is 2.63 bits per heavy atom. The molecule has 2 aromatic heterocycles. The van der Waals surface area contributed by atoms with Gasteiger partial charge in [-0.1, -0.05) is 6.92 Å². The van der Waals surface area contributed by atoms with Gasteiger partial charge < -0.3 is 14.2 Å². The number of carbonyl (C=O) groups excluding carboxylic acids is 2. The molecule has 0 bridgehead atoms. The minimum Gasteiger partial charge on any atom is -0.453 e. The Bertz CT molecular complexity index is 2720. The number of amides is 3. The molecule has 1 saturated carbocycles. The Balaban J connectivity index is 0.839. The number of nitrogens with zero attached hydrogens (tertiary/aromatic N) is 8. The number of rotatable bonds is 10. The number of benzene rings is 3. The monoisotopic (exact) mass is 884 g/mol. The topological polar surface area (TPSA) is 163 Å². The Hall–Kier alpha value is -5.68. The fraction of sp³-hybridized carbons (Fsp3) is 0.455. The maximum Gasteiger partial charge on any atom is 0.329 e. The number of fused-ring (bicyclic) bond motifs is 2. The molecular weight excluding hydrogens is 838 g/mol. The van der Waals surface area contributed by atoms with Crippen LogP contribution in [0, 0.1) is 23.0 Å². The van der Waals surface area contributed by atoms with Gasteiger partial charge in [0.25, 0.3) is 5.56 Å². The summed E-state index contributed by atoms with van der Waals surface area (Å²) in [6.07, 6.45) is 3.71. The third kappa shape index (κ3) is 8.09. The number of piperidine rings is 1. The molecule has 4 unspecified atom stereocenters. The lowest BCUT2D eigenvalue weighted by Crippen LogP contribution is -2.52. The first-order valence-electron chi connectivity index (χ1n) is 21.2. The summed E-state index contributed by atoms with van der Waals surface area (Å²) in [6, 6.07) is 11.3. The van der Waals surface area contributed by atoms with E-state index in [0.717, 1.165) is 6.54 Å². The van der Waals surface area contributed by atoms with Crippen LogP contribution >= 0.6 is 12.1 Å². The van der Waals surface area contributed by atoms with Gasteiger partial charge >= 0.3 is 6.03 Å². The highest BCUT2D eigenvalue weighted by Crippen LogP contribution is 2.44. The summed E-state index contributed by atoms with van der Waals surface area (Å²) in [5, 5.41) is 17.4. The zero-order valence-corrected chi connectivity index (χ0v) is 35.9. The molecule has 3 aliphatic heterocycles. The van der Waals surface area contributed by atoms with Gasteiger partial charge in [-0.15, -0.1) is 0 Å². The Kier molecular flexibility index (Phi) is 11.6. The van der Waals surface area contributed by atoms with Crippen molar-refractivity contribution in [3.8, 4) is 17.6 Å². The highest BCUT2D eigenvalue weighted by atomic mass is 32.2. The van der Waals surface area contributed by atoms with Crippen LogP contribution < -0.4 is 25.2 Å². The molecule has 2 N–H and O–H groups in total. The molecule has 3 aromatic carbocycles. The van der Waals surface area contributed by atoms with Crippen LogP contribution in [0.2, 0.25) is 0 Å². The zero-order valence-electron chi connectivity index (χ0n) is 35.1. The lowest BCUT2D eigenvalue weighted by molar-refractivity contribution is -0.120. The number of anilines is 2. The summed E-state index contributed by atoms with van der Waals surface area (Å²) in [6.45, 7) is 4.40. The van der Waals surface area contributed by atoms with Crippen molar-refractivity contribution in [1.82, 2.24) is 33.9 Å². The van der Waals surface area contributed by atoms with Crippen molar-refractivity contribution in [2.75, 3.05) is 49.5 Å². The Labute approximate surface area is 365 Å². The fourth-order valence-corrected chi connectivity index (χ4v) is 10.1. The summed E-state index contributed by atoms with van der Waals surface area (Å²) in [5.41, 5.74) is 1.08. The van der Waals surface area contributed by atoms with Crippen LogP contribution in [0.5, 0.6) is 11.5 Å². The summed E-state index contributed by atoms with van der Waals surface area (Å²) in [7, 11) is 3.58. The molecule has 3 amide bonds. The number of likely N-dealkylation sites (tertiary alicyclic amines) is 1. The van der Waals surface area contributed by atoms with Crippen molar-refractivity contribution in [2.24, 2.45) is 7.05 Å². The van der Waals surface area contributed by atoms with E-state index >= 15 is 13.2 Å². The van der Waals surface area contributed by atoms with Gasteiger partial charge in [-0.25, -0.2) is 27.3 Å². The number of urea groups is 1. The van der Waals surface area contributed by atoms with Gasteiger partial charge in [-0.3, -0.25) is 34.0 Å². The average Bonchev–Trinajstić information content (AvgIpc) is 3.83. The van der Waals surface area contributed by atoms with E-state index in [4.69, 9.17) is 9.47 Å². The van der Waals surface area contributed by atoms with E-state index in [2.05, 4.69) is 25.0 Å². The maximum absolute atomic E-state index is 16.2. The van der Waals surface area contributed by atoms with Crippen LogP contribution in [-0.2, 0) is 16.6 Å². The highest BCUT2D eigenvalue weighted by molar-refractivity contribution is 7.98. The van der Waals surface area contributed by atoms with Crippen LogP contribution in [-0.4, -0.2) is 98.1 Å². The summed E-state index contributed by atoms with van der Waals surface area (Å²) in [4.78, 5) is 46.3. The van der Waals surface area contributed by atoms with Crippen LogP contribution in [0.25, 0.3) is 21.8 Å². The van der Waals surface area contributed by atoms with Gasteiger partial charge in [0.1, 0.15) is 29.4 Å². The van der Waals surface area contributed by atoms with Crippen molar-refractivity contribution in [3.63, 3.8) is 0 Å². The molecule has 15 nitrogen and oxygen atoms in total. The smallest absolute Gasteiger partial charge is 0.329 e. The van der Waals surface area contributed by atoms with Crippen molar-refractivity contribution in [2.45, 2.75) is 81.6 Å². The van der Waals surface area contributed by atoms with Crippen LogP contribution in [0.15, 0.2) is 53.6 Å². The van der Waals surface area contributed by atoms with Gasteiger partial charge in [0, 0.05) is 63.2 Å². The number of nitrogens with one attached hydrogen (secondary N) is 2. The van der Waals surface area contributed by atoms with Gasteiger partial charge in [-0.05, 0) is 99.5 Å². The van der Waals surface area contributed by atoms with Crippen LogP contribution in [0.1, 0.15) is 75.0 Å². The molecule has 9 rings (SSSR count). The number of halogens is 3. The second-order valence-electron chi connectivity index (χ2n) is 16.9.